The van der Waals surface area contributed by atoms with E-state index in [0.717, 1.165) is 30.7 Å². The van der Waals surface area contributed by atoms with E-state index in [1.165, 1.54) is 31.2 Å². The molecule has 2 aromatic carbocycles. The lowest BCUT2D eigenvalue weighted by atomic mass is 10.1. The van der Waals surface area contributed by atoms with Crippen molar-refractivity contribution in [3.05, 3.63) is 53.8 Å². The molecule has 1 saturated carbocycles. The zero-order valence-corrected chi connectivity index (χ0v) is 16.7. The predicted octanol–water partition coefficient (Wildman–Crippen LogP) is 3.20. The molecule has 1 aliphatic rings. The van der Waals surface area contributed by atoms with Gasteiger partial charge in [-0.05, 0) is 50.1 Å². The predicted molar refractivity (Wildman–Crippen MR) is 106 cm³/mol. The first-order chi connectivity index (χ1) is 13.2. The molecular formula is C19H19FN2O4S2. The molecule has 0 spiro atoms. The highest BCUT2D eigenvalue weighted by molar-refractivity contribution is 8.00. The summed E-state index contributed by atoms with van der Waals surface area (Å²) < 4.78 is 41.1. The standard InChI is InChI=1S/C19H19FN2O4S2/c1-12(23)13-5-8-18(17(20)9-13)27-11-19(24)21-15-3-2-4-16(10-15)28(25,26)22-14-6-7-14/h2-5,8-10,14,22H,6-7,11H2,1H3,(H,21,24). The molecule has 0 heterocycles. The van der Waals surface area contributed by atoms with E-state index in [1.54, 1.807) is 12.1 Å². The van der Waals surface area contributed by atoms with Crippen LogP contribution < -0.4 is 10.0 Å². The van der Waals surface area contributed by atoms with E-state index in [2.05, 4.69) is 10.0 Å². The number of benzene rings is 2. The first-order valence-electron chi connectivity index (χ1n) is 8.60. The van der Waals surface area contributed by atoms with Gasteiger partial charge in [0.25, 0.3) is 0 Å². The largest absolute Gasteiger partial charge is 0.325 e. The van der Waals surface area contributed by atoms with Gasteiger partial charge in [-0.3, -0.25) is 9.59 Å². The lowest BCUT2D eigenvalue weighted by Crippen LogP contribution is -2.25. The summed E-state index contributed by atoms with van der Waals surface area (Å²) in [7, 11) is -3.61. The molecule has 1 aliphatic carbocycles. The number of nitrogens with one attached hydrogen (secondary N) is 2. The van der Waals surface area contributed by atoms with Gasteiger partial charge in [0, 0.05) is 22.2 Å². The Hall–Kier alpha value is -2.23. The van der Waals surface area contributed by atoms with E-state index in [1.807, 2.05) is 0 Å². The van der Waals surface area contributed by atoms with Gasteiger partial charge in [-0.1, -0.05) is 12.1 Å². The van der Waals surface area contributed by atoms with Crippen molar-refractivity contribution in [3.8, 4) is 0 Å². The molecule has 0 aliphatic heterocycles. The van der Waals surface area contributed by atoms with Gasteiger partial charge in [0.15, 0.2) is 5.78 Å². The molecule has 2 aromatic rings. The maximum absolute atomic E-state index is 14.0. The first-order valence-corrected chi connectivity index (χ1v) is 11.1. The maximum atomic E-state index is 14.0. The van der Waals surface area contributed by atoms with E-state index in [-0.39, 0.29) is 32.9 Å². The Bertz CT molecular complexity index is 1020. The lowest BCUT2D eigenvalue weighted by molar-refractivity contribution is -0.113. The fourth-order valence-electron chi connectivity index (χ4n) is 2.41. The van der Waals surface area contributed by atoms with E-state index >= 15 is 0 Å². The van der Waals surface area contributed by atoms with Crippen LogP contribution in [-0.2, 0) is 14.8 Å². The molecule has 6 nitrogen and oxygen atoms in total. The van der Waals surface area contributed by atoms with Crippen molar-refractivity contribution >= 4 is 39.2 Å². The Kier molecular flexibility index (Phi) is 6.17. The van der Waals surface area contributed by atoms with Gasteiger partial charge in [0.2, 0.25) is 15.9 Å². The summed E-state index contributed by atoms with van der Waals surface area (Å²) in [4.78, 5) is 23.7. The van der Waals surface area contributed by atoms with Crippen LogP contribution in [0.4, 0.5) is 10.1 Å². The number of halogens is 1. The molecule has 28 heavy (non-hydrogen) atoms. The summed E-state index contributed by atoms with van der Waals surface area (Å²) in [6, 6.07) is 10.1. The topological polar surface area (TPSA) is 92.3 Å². The summed E-state index contributed by atoms with van der Waals surface area (Å²) in [6.07, 6.45) is 1.66. The number of carbonyl (C=O) groups is 2. The number of rotatable bonds is 8. The van der Waals surface area contributed by atoms with Crippen LogP contribution in [0.3, 0.4) is 0 Å². The quantitative estimate of drug-likeness (QED) is 0.503. The highest BCUT2D eigenvalue weighted by Crippen LogP contribution is 2.25. The smallest absolute Gasteiger partial charge is 0.240 e. The third-order valence-electron chi connectivity index (χ3n) is 4.02. The number of ketones is 1. The summed E-state index contributed by atoms with van der Waals surface area (Å²) in [5.74, 6) is -1.26. The summed E-state index contributed by atoms with van der Waals surface area (Å²) in [5, 5.41) is 2.61. The minimum atomic E-state index is -3.61. The number of sulfonamides is 1. The van der Waals surface area contributed by atoms with Crippen molar-refractivity contribution in [2.24, 2.45) is 0 Å². The molecule has 148 valence electrons. The zero-order valence-electron chi connectivity index (χ0n) is 15.1. The monoisotopic (exact) mass is 422 g/mol. The molecular weight excluding hydrogens is 403 g/mol. The van der Waals surface area contributed by atoms with Crippen molar-refractivity contribution in [2.75, 3.05) is 11.1 Å². The van der Waals surface area contributed by atoms with Crippen LogP contribution in [0.15, 0.2) is 52.3 Å². The SMILES string of the molecule is CC(=O)c1ccc(SCC(=O)Nc2cccc(S(=O)(=O)NC3CC3)c2)c(F)c1. The number of hydrogen-bond acceptors (Lipinski definition) is 5. The Morgan fingerprint density at radius 3 is 2.57 bits per heavy atom. The van der Waals surface area contributed by atoms with Crippen molar-refractivity contribution in [1.82, 2.24) is 4.72 Å². The Labute approximate surface area is 167 Å². The molecule has 9 heteroatoms. The normalized spacial score (nSPS) is 13.9. The average molecular weight is 423 g/mol. The summed E-state index contributed by atoms with van der Waals surface area (Å²) in [6.45, 7) is 1.35. The van der Waals surface area contributed by atoms with Gasteiger partial charge in [-0.15, -0.1) is 11.8 Å². The number of carbonyl (C=O) groups excluding carboxylic acids is 2. The summed E-state index contributed by atoms with van der Waals surface area (Å²) >= 11 is 0.992. The Morgan fingerprint density at radius 1 is 1.18 bits per heavy atom. The van der Waals surface area contributed by atoms with Gasteiger partial charge >= 0.3 is 0 Å². The Morgan fingerprint density at radius 2 is 1.93 bits per heavy atom. The highest BCUT2D eigenvalue weighted by atomic mass is 32.2. The molecule has 3 rings (SSSR count). The van der Waals surface area contributed by atoms with Crippen molar-refractivity contribution in [3.63, 3.8) is 0 Å². The maximum Gasteiger partial charge on any atom is 0.240 e. The molecule has 0 bridgehead atoms. The summed E-state index contributed by atoms with van der Waals surface area (Å²) in [5.41, 5.74) is 0.612. The van der Waals surface area contributed by atoms with Crippen LogP contribution in [0.5, 0.6) is 0 Å². The van der Waals surface area contributed by atoms with Crippen LogP contribution in [-0.4, -0.2) is 31.9 Å². The second-order valence-electron chi connectivity index (χ2n) is 6.46. The molecule has 0 unspecified atom stereocenters. The lowest BCUT2D eigenvalue weighted by Gasteiger charge is -2.09. The molecule has 2 N–H and O–H groups in total. The van der Waals surface area contributed by atoms with E-state index in [0.29, 0.717) is 5.69 Å². The minimum Gasteiger partial charge on any atom is -0.325 e. The molecule has 1 fully saturated rings. The molecule has 0 saturated heterocycles. The number of amides is 1. The average Bonchev–Trinajstić information content (AvgIpc) is 3.44. The van der Waals surface area contributed by atoms with Crippen molar-refractivity contribution in [2.45, 2.75) is 35.6 Å². The van der Waals surface area contributed by atoms with Gasteiger partial charge < -0.3 is 5.32 Å². The van der Waals surface area contributed by atoms with Crippen LogP contribution in [0, 0.1) is 5.82 Å². The molecule has 0 radical (unpaired) electrons. The number of thioether (sulfide) groups is 1. The number of anilines is 1. The number of hydrogen-bond donors (Lipinski definition) is 2. The molecule has 0 aromatic heterocycles. The van der Waals surface area contributed by atoms with E-state index in [9.17, 15) is 22.4 Å². The fraction of sp³-hybridized carbons (Fsp3) is 0.263. The van der Waals surface area contributed by atoms with Crippen LogP contribution in [0.1, 0.15) is 30.1 Å². The number of Topliss-reactive ketones (excluding diaryl/α,β-unsaturated/α-hetero) is 1. The Balaban J connectivity index is 1.61. The van der Waals surface area contributed by atoms with Gasteiger partial charge in [-0.2, -0.15) is 0 Å². The highest BCUT2D eigenvalue weighted by Gasteiger charge is 2.28. The van der Waals surface area contributed by atoms with Crippen LogP contribution in [0.25, 0.3) is 0 Å². The minimum absolute atomic E-state index is 0.0102. The molecule has 1 amide bonds. The molecule has 0 atom stereocenters. The van der Waals surface area contributed by atoms with E-state index in [4.69, 9.17) is 0 Å². The second kappa shape index (κ2) is 8.42. The third kappa shape index (κ3) is 5.40. The van der Waals surface area contributed by atoms with Gasteiger partial charge in [0.05, 0.1) is 10.6 Å². The fourth-order valence-corrected chi connectivity index (χ4v) is 4.48. The first kappa shape index (κ1) is 20.5. The third-order valence-corrected chi connectivity index (χ3v) is 6.59. The van der Waals surface area contributed by atoms with Crippen LogP contribution >= 0.6 is 11.8 Å². The van der Waals surface area contributed by atoms with Crippen molar-refractivity contribution in [1.29, 1.82) is 0 Å². The van der Waals surface area contributed by atoms with Gasteiger partial charge in [0.1, 0.15) is 5.82 Å². The van der Waals surface area contributed by atoms with Crippen LogP contribution in [0.2, 0.25) is 0 Å². The van der Waals surface area contributed by atoms with E-state index < -0.39 is 21.7 Å². The second-order valence-corrected chi connectivity index (χ2v) is 9.19. The van der Waals surface area contributed by atoms with Gasteiger partial charge in [-0.25, -0.2) is 17.5 Å². The zero-order chi connectivity index (χ0) is 20.3. The van der Waals surface area contributed by atoms with Crippen molar-refractivity contribution < 1.29 is 22.4 Å².